The minimum Gasteiger partial charge on any atom is -0.381 e. The van der Waals surface area contributed by atoms with Crippen molar-refractivity contribution in [1.82, 2.24) is 9.97 Å². The van der Waals surface area contributed by atoms with Gasteiger partial charge in [-0.1, -0.05) is 12.1 Å². The minimum atomic E-state index is -4.64. The molecule has 2 aromatic rings. The Morgan fingerprint density at radius 3 is 2.44 bits per heavy atom. The second-order valence-corrected chi connectivity index (χ2v) is 8.51. The third-order valence-electron chi connectivity index (χ3n) is 4.56. The number of anilines is 2. The summed E-state index contributed by atoms with van der Waals surface area (Å²) in [6.45, 7) is 5.24. The number of nitrogens with one attached hydrogen (secondary N) is 1. The Bertz CT molecular complexity index is 893. The van der Waals surface area contributed by atoms with Gasteiger partial charge in [0.05, 0.1) is 10.6 Å². The number of hydrogen-bond donors (Lipinski definition) is 1. The highest BCUT2D eigenvalue weighted by Gasteiger charge is 2.30. The third kappa shape index (κ3) is 4.35. The molecule has 3 rings (SSSR count). The molecule has 1 fully saturated rings. The summed E-state index contributed by atoms with van der Waals surface area (Å²) in [4.78, 5) is 10.5. The lowest BCUT2D eigenvalue weighted by Gasteiger charge is -2.34. The molecule has 0 radical (unpaired) electrons. The van der Waals surface area contributed by atoms with E-state index < -0.39 is 15.6 Å². The van der Waals surface area contributed by atoms with Crippen LogP contribution in [0.5, 0.6) is 0 Å². The fraction of sp³-hybridized carbons (Fsp3) is 0.444. The Balaban J connectivity index is 1.70. The summed E-state index contributed by atoms with van der Waals surface area (Å²) in [5.74, 6) is -1.85. The van der Waals surface area contributed by atoms with Crippen LogP contribution in [0.25, 0.3) is 0 Å². The summed E-state index contributed by atoms with van der Waals surface area (Å²) in [6.07, 6.45) is 1.48. The Morgan fingerprint density at radius 1 is 1.15 bits per heavy atom. The van der Waals surface area contributed by atoms with Crippen molar-refractivity contribution in [3.63, 3.8) is 0 Å². The summed E-state index contributed by atoms with van der Waals surface area (Å²) in [5.41, 5.74) is 1.13. The van der Waals surface area contributed by atoms with Crippen molar-refractivity contribution in [2.24, 2.45) is 0 Å². The van der Waals surface area contributed by atoms with Gasteiger partial charge in [-0.3, -0.25) is 0 Å². The van der Waals surface area contributed by atoms with E-state index >= 15 is 0 Å². The molecule has 1 N–H and O–H groups in total. The van der Waals surface area contributed by atoms with E-state index in [0.717, 1.165) is 43.3 Å². The molecule has 0 unspecified atom stereocenters. The number of sulfone groups is 1. The summed E-state index contributed by atoms with van der Waals surface area (Å²) < 4.78 is 49.6. The molecule has 0 aliphatic carbocycles. The van der Waals surface area contributed by atoms with Crippen LogP contribution in [-0.4, -0.2) is 43.3 Å². The second kappa shape index (κ2) is 7.75. The standard InChI is InChI=1S/C18H22F2N4O2S/c1-12-11-17(22-13(2)21-12)24-9-7-14(8-10-24)23-15-5-3-4-6-16(15)27(25,26)18(19)20/h3-6,11,14,18,23H,7-10H2,1-2H3. The highest BCUT2D eigenvalue weighted by Crippen LogP contribution is 2.28. The van der Waals surface area contributed by atoms with Crippen molar-refractivity contribution in [1.29, 1.82) is 0 Å². The van der Waals surface area contributed by atoms with Gasteiger partial charge >= 0.3 is 5.76 Å². The van der Waals surface area contributed by atoms with Crippen LogP contribution < -0.4 is 10.2 Å². The Labute approximate surface area is 157 Å². The molecule has 9 heteroatoms. The SMILES string of the molecule is Cc1cc(N2CCC(Nc3ccccc3S(=O)(=O)C(F)F)CC2)nc(C)n1. The molecule has 1 saturated heterocycles. The van der Waals surface area contributed by atoms with Crippen molar-refractivity contribution in [2.45, 2.75) is 43.4 Å². The lowest BCUT2D eigenvalue weighted by molar-refractivity contribution is 0.235. The fourth-order valence-electron chi connectivity index (χ4n) is 3.26. The van der Waals surface area contributed by atoms with Gasteiger partial charge in [-0.05, 0) is 38.8 Å². The molecule has 0 spiro atoms. The molecule has 27 heavy (non-hydrogen) atoms. The molecule has 0 atom stereocenters. The molecule has 0 amide bonds. The number of para-hydroxylation sites is 1. The first-order valence-corrected chi connectivity index (χ1v) is 10.3. The van der Waals surface area contributed by atoms with Gasteiger partial charge in [0.25, 0.3) is 0 Å². The molecular weight excluding hydrogens is 374 g/mol. The van der Waals surface area contributed by atoms with Crippen molar-refractivity contribution in [3.05, 3.63) is 41.9 Å². The third-order valence-corrected chi connectivity index (χ3v) is 6.00. The first-order chi connectivity index (χ1) is 12.8. The average molecular weight is 396 g/mol. The van der Waals surface area contributed by atoms with E-state index in [1.54, 1.807) is 6.07 Å². The van der Waals surface area contributed by atoms with Crippen LogP contribution >= 0.6 is 0 Å². The maximum atomic E-state index is 12.9. The number of rotatable bonds is 5. The molecule has 1 aromatic carbocycles. The van der Waals surface area contributed by atoms with Crippen LogP contribution in [0.15, 0.2) is 35.2 Å². The maximum absolute atomic E-state index is 12.9. The summed E-state index contributed by atoms with van der Waals surface area (Å²) >= 11 is 0. The molecule has 0 saturated carbocycles. The van der Waals surface area contributed by atoms with E-state index in [-0.39, 0.29) is 16.6 Å². The predicted molar refractivity (Wildman–Crippen MR) is 100.0 cm³/mol. The van der Waals surface area contributed by atoms with Crippen molar-refractivity contribution in [3.8, 4) is 0 Å². The monoisotopic (exact) mass is 396 g/mol. The lowest BCUT2D eigenvalue weighted by Crippen LogP contribution is -2.39. The molecular formula is C18H22F2N4O2S. The van der Waals surface area contributed by atoms with E-state index in [4.69, 9.17) is 0 Å². The topological polar surface area (TPSA) is 75.2 Å². The molecule has 146 valence electrons. The molecule has 6 nitrogen and oxygen atoms in total. The summed E-state index contributed by atoms with van der Waals surface area (Å²) in [5, 5.41) is 3.13. The predicted octanol–water partition coefficient (Wildman–Crippen LogP) is 3.17. The molecule has 2 heterocycles. The number of alkyl halides is 2. The number of aromatic nitrogens is 2. The number of halogens is 2. The van der Waals surface area contributed by atoms with Gasteiger partial charge in [0, 0.05) is 30.9 Å². The van der Waals surface area contributed by atoms with Crippen LogP contribution in [0, 0.1) is 13.8 Å². The molecule has 0 bridgehead atoms. The van der Waals surface area contributed by atoms with E-state index in [9.17, 15) is 17.2 Å². The van der Waals surface area contributed by atoms with Crippen LogP contribution in [-0.2, 0) is 9.84 Å². The van der Waals surface area contributed by atoms with Crippen molar-refractivity contribution in [2.75, 3.05) is 23.3 Å². The lowest BCUT2D eigenvalue weighted by atomic mass is 10.0. The minimum absolute atomic E-state index is 0.000645. The second-order valence-electron chi connectivity index (χ2n) is 6.62. The summed E-state index contributed by atoms with van der Waals surface area (Å²) in [6, 6.07) is 7.76. The smallest absolute Gasteiger partial charge is 0.341 e. The zero-order valence-electron chi connectivity index (χ0n) is 15.2. The van der Waals surface area contributed by atoms with Crippen LogP contribution in [0.1, 0.15) is 24.4 Å². The first kappa shape index (κ1) is 19.5. The van der Waals surface area contributed by atoms with Gasteiger partial charge in [-0.2, -0.15) is 8.78 Å². The van der Waals surface area contributed by atoms with Gasteiger partial charge in [0.1, 0.15) is 11.6 Å². The number of benzene rings is 1. The van der Waals surface area contributed by atoms with Crippen LogP contribution in [0.3, 0.4) is 0 Å². The maximum Gasteiger partial charge on any atom is 0.341 e. The Kier molecular flexibility index (Phi) is 5.59. The Morgan fingerprint density at radius 2 is 1.81 bits per heavy atom. The highest BCUT2D eigenvalue weighted by molar-refractivity contribution is 7.91. The number of hydrogen-bond acceptors (Lipinski definition) is 6. The highest BCUT2D eigenvalue weighted by atomic mass is 32.2. The number of nitrogens with zero attached hydrogens (tertiary/aromatic N) is 3. The molecule has 1 aliphatic heterocycles. The zero-order valence-corrected chi connectivity index (χ0v) is 16.0. The van der Waals surface area contributed by atoms with E-state index in [1.807, 2.05) is 19.9 Å². The molecule has 1 aromatic heterocycles. The van der Waals surface area contributed by atoms with Crippen molar-refractivity contribution >= 4 is 21.3 Å². The first-order valence-electron chi connectivity index (χ1n) is 8.72. The molecule has 1 aliphatic rings. The van der Waals surface area contributed by atoms with Gasteiger partial charge in [-0.25, -0.2) is 18.4 Å². The summed E-state index contributed by atoms with van der Waals surface area (Å²) in [7, 11) is -4.64. The van der Waals surface area contributed by atoms with Crippen molar-refractivity contribution < 1.29 is 17.2 Å². The van der Waals surface area contributed by atoms with E-state index in [1.165, 1.54) is 18.2 Å². The largest absolute Gasteiger partial charge is 0.381 e. The van der Waals surface area contributed by atoms with Gasteiger partial charge in [0.2, 0.25) is 9.84 Å². The number of aryl methyl sites for hydroxylation is 2. The van der Waals surface area contributed by atoms with Gasteiger partial charge in [0.15, 0.2) is 0 Å². The average Bonchev–Trinajstić information content (AvgIpc) is 2.61. The van der Waals surface area contributed by atoms with E-state index in [0.29, 0.717) is 0 Å². The van der Waals surface area contributed by atoms with Crippen LogP contribution in [0.2, 0.25) is 0 Å². The number of piperidine rings is 1. The zero-order chi connectivity index (χ0) is 19.6. The van der Waals surface area contributed by atoms with Gasteiger partial charge < -0.3 is 10.2 Å². The van der Waals surface area contributed by atoms with E-state index in [2.05, 4.69) is 20.2 Å². The van der Waals surface area contributed by atoms with Crippen LogP contribution in [0.4, 0.5) is 20.3 Å². The normalized spacial score (nSPS) is 16.0. The quantitative estimate of drug-likeness (QED) is 0.837. The van der Waals surface area contributed by atoms with Gasteiger partial charge in [-0.15, -0.1) is 0 Å². The fourth-order valence-corrected chi connectivity index (χ4v) is 4.16. The Hall–Kier alpha value is -2.29.